The SMILES string of the molecule is CC.Cc1[nH]nc2ncc(Br)nc12. The third kappa shape index (κ3) is 2.03. The van der Waals surface area contributed by atoms with Gasteiger partial charge in [-0.25, -0.2) is 9.97 Å². The number of hydrogen-bond donors (Lipinski definition) is 1. The molecule has 0 aliphatic carbocycles. The molecule has 0 aliphatic rings. The second kappa shape index (κ2) is 4.32. The minimum absolute atomic E-state index is 0.658. The molecule has 2 aromatic rings. The Bertz CT molecular complexity index is 396. The summed E-state index contributed by atoms with van der Waals surface area (Å²) in [6, 6.07) is 0. The first kappa shape index (κ1) is 10.1. The molecular formula is C8H11BrN4. The highest BCUT2D eigenvalue weighted by Gasteiger charge is 2.02. The Hall–Kier alpha value is -0.970. The van der Waals surface area contributed by atoms with Gasteiger partial charge in [-0.3, -0.25) is 5.10 Å². The molecule has 0 saturated carbocycles. The Kier molecular flexibility index (Phi) is 3.36. The van der Waals surface area contributed by atoms with Crippen LogP contribution in [0.3, 0.4) is 0 Å². The van der Waals surface area contributed by atoms with Gasteiger partial charge >= 0.3 is 0 Å². The van der Waals surface area contributed by atoms with E-state index in [1.54, 1.807) is 6.20 Å². The fourth-order valence-corrected chi connectivity index (χ4v) is 1.16. The summed E-state index contributed by atoms with van der Waals surface area (Å²) in [6.07, 6.45) is 1.63. The van der Waals surface area contributed by atoms with Gasteiger partial charge in [0.2, 0.25) is 0 Å². The highest BCUT2D eigenvalue weighted by atomic mass is 79.9. The van der Waals surface area contributed by atoms with E-state index in [1.807, 2.05) is 20.8 Å². The number of hydrogen-bond acceptors (Lipinski definition) is 3. The highest BCUT2D eigenvalue weighted by molar-refractivity contribution is 9.10. The van der Waals surface area contributed by atoms with Gasteiger partial charge in [0, 0.05) is 0 Å². The molecule has 0 amide bonds. The van der Waals surface area contributed by atoms with Crippen LogP contribution in [0.5, 0.6) is 0 Å². The van der Waals surface area contributed by atoms with Crippen molar-refractivity contribution in [3.05, 3.63) is 16.5 Å². The van der Waals surface area contributed by atoms with Crippen LogP contribution >= 0.6 is 15.9 Å². The first-order valence-electron chi connectivity index (χ1n) is 4.10. The second-order valence-electron chi connectivity index (χ2n) is 2.21. The van der Waals surface area contributed by atoms with Gasteiger partial charge in [-0.1, -0.05) is 13.8 Å². The van der Waals surface area contributed by atoms with Gasteiger partial charge in [0.05, 0.1) is 11.9 Å². The first-order valence-corrected chi connectivity index (χ1v) is 4.90. The Morgan fingerprint density at radius 3 is 2.77 bits per heavy atom. The third-order valence-electron chi connectivity index (χ3n) is 1.41. The minimum atomic E-state index is 0.658. The van der Waals surface area contributed by atoms with E-state index >= 15 is 0 Å². The molecule has 2 rings (SSSR count). The molecule has 0 saturated heterocycles. The predicted molar refractivity (Wildman–Crippen MR) is 55.5 cm³/mol. The van der Waals surface area contributed by atoms with Gasteiger partial charge in [-0.15, -0.1) is 0 Å². The quantitative estimate of drug-likeness (QED) is 0.773. The van der Waals surface area contributed by atoms with Crippen LogP contribution in [0.1, 0.15) is 19.5 Å². The van der Waals surface area contributed by atoms with E-state index < -0.39 is 0 Å². The molecule has 0 radical (unpaired) electrons. The van der Waals surface area contributed by atoms with Crippen molar-refractivity contribution in [3.8, 4) is 0 Å². The smallest absolute Gasteiger partial charge is 0.199 e. The molecule has 0 bridgehead atoms. The lowest BCUT2D eigenvalue weighted by Crippen LogP contribution is -1.81. The topological polar surface area (TPSA) is 54.5 Å². The molecule has 0 spiro atoms. The fraction of sp³-hybridized carbons (Fsp3) is 0.375. The number of aromatic amines is 1. The van der Waals surface area contributed by atoms with E-state index in [1.165, 1.54) is 0 Å². The van der Waals surface area contributed by atoms with Crippen molar-refractivity contribution in [2.45, 2.75) is 20.8 Å². The van der Waals surface area contributed by atoms with Gasteiger partial charge in [0.25, 0.3) is 0 Å². The van der Waals surface area contributed by atoms with Gasteiger partial charge in [-0.2, -0.15) is 5.10 Å². The molecule has 0 fully saturated rings. The molecular weight excluding hydrogens is 232 g/mol. The molecule has 70 valence electrons. The van der Waals surface area contributed by atoms with Crippen LogP contribution in [0.15, 0.2) is 10.8 Å². The van der Waals surface area contributed by atoms with Gasteiger partial charge < -0.3 is 0 Å². The van der Waals surface area contributed by atoms with Crippen LogP contribution in [-0.2, 0) is 0 Å². The number of H-pyrrole nitrogens is 1. The van der Waals surface area contributed by atoms with Crippen molar-refractivity contribution in [2.24, 2.45) is 0 Å². The zero-order chi connectivity index (χ0) is 9.84. The molecule has 0 atom stereocenters. The van der Waals surface area contributed by atoms with Crippen molar-refractivity contribution in [1.82, 2.24) is 20.2 Å². The maximum Gasteiger partial charge on any atom is 0.199 e. The summed E-state index contributed by atoms with van der Waals surface area (Å²) in [7, 11) is 0. The summed E-state index contributed by atoms with van der Waals surface area (Å²) in [5, 5.41) is 6.75. The Labute approximate surface area is 84.9 Å². The van der Waals surface area contributed by atoms with E-state index in [0.717, 1.165) is 15.8 Å². The molecule has 0 aliphatic heterocycles. The molecule has 2 aromatic heterocycles. The van der Waals surface area contributed by atoms with Crippen LogP contribution in [0.2, 0.25) is 0 Å². The average Bonchev–Trinajstić information content (AvgIpc) is 2.52. The zero-order valence-corrected chi connectivity index (χ0v) is 9.38. The summed E-state index contributed by atoms with van der Waals surface area (Å²) in [5.41, 5.74) is 2.42. The van der Waals surface area contributed by atoms with Crippen LogP contribution in [0.25, 0.3) is 11.2 Å². The van der Waals surface area contributed by atoms with E-state index in [-0.39, 0.29) is 0 Å². The van der Waals surface area contributed by atoms with Gasteiger partial charge in [0.1, 0.15) is 10.1 Å². The lowest BCUT2D eigenvalue weighted by molar-refractivity contribution is 1.05. The minimum Gasteiger partial charge on any atom is -0.278 e. The van der Waals surface area contributed by atoms with Crippen molar-refractivity contribution in [1.29, 1.82) is 0 Å². The number of nitrogens with one attached hydrogen (secondary N) is 1. The third-order valence-corrected chi connectivity index (χ3v) is 1.79. The predicted octanol–water partition coefficient (Wildman–Crippen LogP) is 2.45. The highest BCUT2D eigenvalue weighted by Crippen LogP contribution is 2.12. The Morgan fingerprint density at radius 1 is 1.38 bits per heavy atom. The van der Waals surface area contributed by atoms with Crippen molar-refractivity contribution in [3.63, 3.8) is 0 Å². The van der Waals surface area contributed by atoms with Crippen LogP contribution < -0.4 is 0 Å². The lowest BCUT2D eigenvalue weighted by Gasteiger charge is -1.88. The lowest BCUT2D eigenvalue weighted by atomic mass is 10.4. The number of nitrogens with zero attached hydrogens (tertiary/aromatic N) is 3. The summed E-state index contributed by atoms with van der Waals surface area (Å²) in [4.78, 5) is 8.25. The molecule has 13 heavy (non-hydrogen) atoms. The van der Waals surface area contributed by atoms with Crippen molar-refractivity contribution in [2.75, 3.05) is 0 Å². The summed E-state index contributed by atoms with van der Waals surface area (Å²) >= 11 is 3.24. The van der Waals surface area contributed by atoms with Crippen LogP contribution in [0, 0.1) is 6.92 Å². The maximum absolute atomic E-state index is 4.20. The monoisotopic (exact) mass is 242 g/mol. The van der Waals surface area contributed by atoms with Crippen molar-refractivity contribution < 1.29 is 0 Å². The molecule has 5 heteroatoms. The normalized spacial score (nSPS) is 9.54. The molecule has 0 aromatic carbocycles. The van der Waals surface area contributed by atoms with Crippen LogP contribution in [-0.4, -0.2) is 20.2 Å². The standard InChI is InChI=1S/C6H5BrN4.C2H6/c1-3-5-6(11-10-3)8-2-4(7)9-5;1-2/h2H,1H3,(H,8,10,11);1-2H3. The second-order valence-corrected chi connectivity index (χ2v) is 3.03. The maximum atomic E-state index is 4.20. The summed E-state index contributed by atoms with van der Waals surface area (Å²) in [6.45, 7) is 5.91. The van der Waals surface area contributed by atoms with E-state index in [0.29, 0.717) is 5.65 Å². The molecule has 4 nitrogen and oxygen atoms in total. The number of aryl methyl sites for hydroxylation is 1. The van der Waals surface area contributed by atoms with Gasteiger partial charge in [-0.05, 0) is 22.9 Å². The number of halogens is 1. The van der Waals surface area contributed by atoms with Crippen molar-refractivity contribution >= 4 is 27.1 Å². The Morgan fingerprint density at radius 2 is 2.08 bits per heavy atom. The molecule has 0 unspecified atom stereocenters. The largest absolute Gasteiger partial charge is 0.278 e. The number of aromatic nitrogens is 4. The zero-order valence-electron chi connectivity index (χ0n) is 7.80. The molecule has 1 N–H and O–H groups in total. The van der Waals surface area contributed by atoms with E-state index in [9.17, 15) is 0 Å². The van der Waals surface area contributed by atoms with E-state index in [4.69, 9.17) is 0 Å². The summed E-state index contributed by atoms with van der Waals surface area (Å²) in [5.74, 6) is 0. The Balaban J connectivity index is 0.000000396. The first-order chi connectivity index (χ1) is 6.27. The number of rotatable bonds is 0. The fourth-order valence-electron chi connectivity index (χ4n) is 0.884. The average molecular weight is 243 g/mol. The van der Waals surface area contributed by atoms with Gasteiger partial charge in [0.15, 0.2) is 5.65 Å². The number of fused-ring (bicyclic) bond motifs is 1. The molecule has 2 heterocycles. The summed E-state index contributed by atoms with van der Waals surface area (Å²) < 4.78 is 0.731. The van der Waals surface area contributed by atoms with E-state index in [2.05, 4.69) is 36.1 Å². The van der Waals surface area contributed by atoms with Crippen LogP contribution in [0.4, 0.5) is 0 Å².